The van der Waals surface area contributed by atoms with Crippen LogP contribution < -0.4 is 5.32 Å². The largest absolute Gasteiger partial charge is 0.383 e. The zero-order valence-corrected chi connectivity index (χ0v) is 14.8. The molecular weight excluding hydrogens is 262 g/mol. The van der Waals surface area contributed by atoms with Gasteiger partial charge in [0.05, 0.1) is 6.61 Å². The average molecular weight is 300 g/mol. The highest BCUT2D eigenvalue weighted by atomic mass is 16.5. The highest BCUT2D eigenvalue weighted by Gasteiger charge is 2.31. The van der Waals surface area contributed by atoms with Crippen LogP contribution >= 0.6 is 0 Å². The van der Waals surface area contributed by atoms with E-state index in [1.807, 2.05) is 0 Å². The molecular formula is C17H37N3O. The Morgan fingerprint density at radius 1 is 1.00 bits per heavy atom. The SMILES string of the molecule is COCCNCC1(CN(C)CCN(C)C)CCCCCC1. The van der Waals surface area contributed by atoms with Crippen molar-refractivity contribution in [2.24, 2.45) is 5.41 Å². The second kappa shape index (κ2) is 10.5. The van der Waals surface area contributed by atoms with Crippen molar-refractivity contribution in [3.8, 4) is 0 Å². The standard InChI is InChI=1S/C17H37N3O/c1-19(2)12-13-20(3)16-17(15-18-11-14-21-4)9-7-5-6-8-10-17/h18H,5-16H2,1-4H3. The summed E-state index contributed by atoms with van der Waals surface area (Å²) >= 11 is 0. The molecule has 0 bridgehead atoms. The van der Waals surface area contributed by atoms with Gasteiger partial charge >= 0.3 is 0 Å². The van der Waals surface area contributed by atoms with E-state index < -0.39 is 0 Å². The van der Waals surface area contributed by atoms with Gasteiger partial charge in [0.25, 0.3) is 0 Å². The lowest BCUT2D eigenvalue weighted by molar-refractivity contribution is 0.133. The van der Waals surface area contributed by atoms with Gasteiger partial charge in [0.15, 0.2) is 0 Å². The predicted octanol–water partition coefficient (Wildman–Crippen LogP) is 2.06. The van der Waals surface area contributed by atoms with Crippen LogP contribution in [0.2, 0.25) is 0 Å². The van der Waals surface area contributed by atoms with Gasteiger partial charge in [0, 0.05) is 39.8 Å². The molecule has 126 valence electrons. The summed E-state index contributed by atoms with van der Waals surface area (Å²) < 4.78 is 5.16. The van der Waals surface area contributed by atoms with Crippen LogP contribution in [0.1, 0.15) is 38.5 Å². The Morgan fingerprint density at radius 2 is 1.67 bits per heavy atom. The van der Waals surface area contributed by atoms with Crippen molar-refractivity contribution >= 4 is 0 Å². The van der Waals surface area contributed by atoms with Gasteiger partial charge in [-0.2, -0.15) is 0 Å². The van der Waals surface area contributed by atoms with Crippen LogP contribution in [0.15, 0.2) is 0 Å². The maximum Gasteiger partial charge on any atom is 0.0587 e. The van der Waals surface area contributed by atoms with Crippen molar-refractivity contribution in [1.82, 2.24) is 15.1 Å². The molecule has 0 saturated heterocycles. The smallest absolute Gasteiger partial charge is 0.0587 e. The van der Waals surface area contributed by atoms with Gasteiger partial charge in [-0.05, 0) is 39.4 Å². The van der Waals surface area contributed by atoms with Gasteiger partial charge in [0.2, 0.25) is 0 Å². The van der Waals surface area contributed by atoms with Gasteiger partial charge in [-0.15, -0.1) is 0 Å². The summed E-state index contributed by atoms with van der Waals surface area (Å²) in [7, 11) is 8.37. The summed E-state index contributed by atoms with van der Waals surface area (Å²) in [6.45, 7) is 6.45. The lowest BCUT2D eigenvalue weighted by atomic mass is 9.79. The van der Waals surface area contributed by atoms with E-state index in [-0.39, 0.29) is 0 Å². The van der Waals surface area contributed by atoms with Crippen molar-refractivity contribution in [2.75, 3.05) is 67.6 Å². The topological polar surface area (TPSA) is 27.7 Å². The summed E-state index contributed by atoms with van der Waals surface area (Å²) in [5.74, 6) is 0. The van der Waals surface area contributed by atoms with E-state index >= 15 is 0 Å². The second-order valence-electron chi connectivity index (χ2n) is 7.12. The monoisotopic (exact) mass is 299 g/mol. The molecule has 0 radical (unpaired) electrons. The summed E-state index contributed by atoms with van der Waals surface area (Å²) in [5, 5.41) is 3.63. The van der Waals surface area contributed by atoms with Gasteiger partial charge in [-0.25, -0.2) is 0 Å². The first-order valence-electron chi connectivity index (χ1n) is 8.61. The molecule has 0 aromatic carbocycles. The van der Waals surface area contributed by atoms with E-state index in [1.54, 1.807) is 7.11 Å². The first kappa shape index (κ1) is 18.9. The van der Waals surface area contributed by atoms with E-state index in [4.69, 9.17) is 4.74 Å². The van der Waals surface area contributed by atoms with E-state index in [0.29, 0.717) is 5.41 Å². The lowest BCUT2D eigenvalue weighted by Gasteiger charge is -2.37. The maximum absolute atomic E-state index is 5.16. The molecule has 1 aliphatic rings. The van der Waals surface area contributed by atoms with Crippen LogP contribution in [-0.2, 0) is 4.74 Å². The minimum Gasteiger partial charge on any atom is -0.383 e. The summed E-state index contributed by atoms with van der Waals surface area (Å²) in [6.07, 6.45) is 8.38. The molecule has 4 heteroatoms. The normalized spacial score (nSPS) is 19.1. The highest BCUT2D eigenvalue weighted by molar-refractivity contribution is 4.86. The molecule has 0 aromatic rings. The number of hydrogen-bond donors (Lipinski definition) is 1. The maximum atomic E-state index is 5.16. The second-order valence-corrected chi connectivity index (χ2v) is 7.12. The van der Waals surface area contributed by atoms with Gasteiger partial charge in [0.1, 0.15) is 0 Å². The van der Waals surface area contributed by atoms with Crippen molar-refractivity contribution in [2.45, 2.75) is 38.5 Å². The minimum atomic E-state index is 0.464. The zero-order valence-electron chi connectivity index (χ0n) is 14.8. The number of nitrogens with zero attached hydrogens (tertiary/aromatic N) is 2. The lowest BCUT2D eigenvalue weighted by Crippen LogP contribution is -2.44. The predicted molar refractivity (Wildman–Crippen MR) is 90.9 cm³/mol. The van der Waals surface area contributed by atoms with Gasteiger partial charge in [-0.3, -0.25) is 0 Å². The third-order valence-corrected chi connectivity index (χ3v) is 4.68. The summed E-state index contributed by atoms with van der Waals surface area (Å²) in [5.41, 5.74) is 0.464. The molecule has 0 aromatic heterocycles. The third-order valence-electron chi connectivity index (χ3n) is 4.68. The van der Waals surface area contributed by atoms with Crippen LogP contribution in [0.3, 0.4) is 0 Å². The van der Waals surface area contributed by atoms with E-state index in [0.717, 1.165) is 32.8 Å². The van der Waals surface area contributed by atoms with Crippen molar-refractivity contribution in [3.63, 3.8) is 0 Å². The molecule has 4 nitrogen and oxygen atoms in total. The van der Waals surface area contributed by atoms with Crippen LogP contribution in [0.25, 0.3) is 0 Å². The quantitative estimate of drug-likeness (QED) is 0.494. The molecule has 1 aliphatic carbocycles. The first-order chi connectivity index (χ1) is 10.1. The summed E-state index contributed by atoms with van der Waals surface area (Å²) in [4.78, 5) is 4.80. The van der Waals surface area contributed by atoms with Gasteiger partial charge < -0.3 is 19.9 Å². The molecule has 1 fully saturated rings. The number of hydrogen-bond acceptors (Lipinski definition) is 4. The Labute approximate surface area is 132 Å². The molecule has 0 atom stereocenters. The Kier molecular flexibility index (Phi) is 9.49. The molecule has 0 unspecified atom stereocenters. The third kappa shape index (κ3) is 8.15. The van der Waals surface area contributed by atoms with Crippen LogP contribution in [0.4, 0.5) is 0 Å². The van der Waals surface area contributed by atoms with Crippen LogP contribution in [0, 0.1) is 5.41 Å². The molecule has 0 spiro atoms. The number of likely N-dealkylation sites (N-methyl/N-ethyl adjacent to an activating group) is 2. The highest BCUT2D eigenvalue weighted by Crippen LogP contribution is 2.35. The Hall–Kier alpha value is -0.160. The fourth-order valence-corrected chi connectivity index (χ4v) is 3.42. The Bertz CT molecular complexity index is 250. The van der Waals surface area contributed by atoms with Crippen molar-refractivity contribution < 1.29 is 4.74 Å². The van der Waals surface area contributed by atoms with Crippen molar-refractivity contribution in [1.29, 1.82) is 0 Å². The summed E-state index contributed by atoms with van der Waals surface area (Å²) in [6, 6.07) is 0. The molecule has 1 rings (SSSR count). The van der Waals surface area contributed by atoms with E-state index in [9.17, 15) is 0 Å². The fourth-order valence-electron chi connectivity index (χ4n) is 3.42. The number of methoxy groups -OCH3 is 1. The zero-order chi connectivity index (χ0) is 15.6. The molecule has 0 heterocycles. The molecule has 1 N–H and O–H groups in total. The van der Waals surface area contributed by atoms with Gasteiger partial charge in [-0.1, -0.05) is 25.7 Å². The Balaban J connectivity index is 2.49. The number of ether oxygens (including phenoxy) is 1. The molecule has 21 heavy (non-hydrogen) atoms. The first-order valence-corrected chi connectivity index (χ1v) is 8.61. The average Bonchev–Trinajstić information content (AvgIpc) is 2.67. The van der Waals surface area contributed by atoms with Crippen molar-refractivity contribution in [3.05, 3.63) is 0 Å². The Morgan fingerprint density at radius 3 is 2.24 bits per heavy atom. The number of nitrogens with one attached hydrogen (secondary N) is 1. The minimum absolute atomic E-state index is 0.464. The molecule has 0 amide bonds. The van der Waals surface area contributed by atoms with E-state index in [1.165, 1.54) is 45.1 Å². The molecule has 1 saturated carbocycles. The van der Waals surface area contributed by atoms with Crippen LogP contribution in [0.5, 0.6) is 0 Å². The fraction of sp³-hybridized carbons (Fsp3) is 1.00. The van der Waals surface area contributed by atoms with E-state index in [2.05, 4.69) is 36.3 Å². The van der Waals surface area contributed by atoms with Crippen LogP contribution in [-0.4, -0.2) is 77.4 Å². The number of rotatable bonds is 10. The molecule has 0 aliphatic heterocycles.